The van der Waals surface area contributed by atoms with Crippen molar-refractivity contribution in [1.29, 1.82) is 0 Å². The number of rotatable bonds is 4. The van der Waals surface area contributed by atoms with Gasteiger partial charge in [-0.1, -0.05) is 6.07 Å². The minimum absolute atomic E-state index is 0.0219. The molecule has 8 heteroatoms. The summed E-state index contributed by atoms with van der Waals surface area (Å²) in [7, 11) is 1.75. The number of hydrogen-bond donors (Lipinski definition) is 1. The van der Waals surface area contributed by atoms with E-state index in [0.29, 0.717) is 11.8 Å². The molecule has 0 aliphatic heterocycles. The number of carbonyl (C=O) groups excluding carboxylic acids is 1. The van der Waals surface area contributed by atoms with E-state index in [0.717, 1.165) is 23.4 Å². The molecule has 0 aliphatic rings. The van der Waals surface area contributed by atoms with Gasteiger partial charge in [0, 0.05) is 24.8 Å². The molecule has 24 heavy (non-hydrogen) atoms. The monoisotopic (exact) mass is 343 g/mol. The molecule has 1 aromatic heterocycles. The highest BCUT2D eigenvalue weighted by atomic mass is 19.4. The van der Waals surface area contributed by atoms with Crippen molar-refractivity contribution in [3.63, 3.8) is 0 Å². The molecule has 0 fully saturated rings. The predicted octanol–water partition coefficient (Wildman–Crippen LogP) is 3.05. The van der Waals surface area contributed by atoms with E-state index in [2.05, 4.69) is 10.4 Å². The largest absolute Gasteiger partial charge is 0.416 e. The van der Waals surface area contributed by atoms with Gasteiger partial charge in [-0.25, -0.2) is 4.39 Å². The Morgan fingerprint density at radius 3 is 2.50 bits per heavy atom. The maximum Gasteiger partial charge on any atom is 0.416 e. The predicted molar refractivity (Wildman–Crippen MR) is 79.6 cm³/mol. The summed E-state index contributed by atoms with van der Waals surface area (Å²) in [6.07, 6.45) is -4.66. The van der Waals surface area contributed by atoms with E-state index in [1.165, 1.54) is 0 Å². The fraction of sp³-hybridized carbons (Fsp3) is 0.375. The van der Waals surface area contributed by atoms with Crippen LogP contribution >= 0.6 is 0 Å². The first kappa shape index (κ1) is 18.0. The quantitative estimate of drug-likeness (QED) is 0.868. The summed E-state index contributed by atoms with van der Waals surface area (Å²) >= 11 is 0. The van der Waals surface area contributed by atoms with E-state index < -0.39 is 23.5 Å². The Balaban J connectivity index is 2.10. The molecule has 2 rings (SSSR count). The lowest BCUT2D eigenvalue weighted by Crippen LogP contribution is -2.26. The molecule has 1 heterocycles. The fourth-order valence-electron chi connectivity index (χ4n) is 2.46. The van der Waals surface area contributed by atoms with Gasteiger partial charge in [0.05, 0.1) is 17.7 Å². The van der Waals surface area contributed by atoms with E-state index in [9.17, 15) is 22.4 Å². The Labute approximate surface area is 136 Å². The van der Waals surface area contributed by atoms with E-state index >= 15 is 0 Å². The number of aryl methyl sites for hydroxylation is 2. The van der Waals surface area contributed by atoms with Crippen molar-refractivity contribution >= 4 is 5.91 Å². The number of benzene rings is 1. The van der Waals surface area contributed by atoms with Crippen molar-refractivity contribution in [2.75, 3.05) is 0 Å². The van der Waals surface area contributed by atoms with Crippen LogP contribution in [0, 0.1) is 19.7 Å². The third kappa shape index (κ3) is 3.93. The molecule has 0 spiro atoms. The zero-order valence-corrected chi connectivity index (χ0v) is 13.5. The summed E-state index contributed by atoms with van der Waals surface area (Å²) in [5.41, 5.74) is 0.988. The molecule has 0 aliphatic carbocycles. The van der Waals surface area contributed by atoms with Gasteiger partial charge in [0.15, 0.2) is 0 Å². The second-order valence-corrected chi connectivity index (χ2v) is 5.53. The van der Waals surface area contributed by atoms with Gasteiger partial charge in [-0.3, -0.25) is 9.48 Å². The highest BCUT2D eigenvalue weighted by Gasteiger charge is 2.33. The zero-order chi connectivity index (χ0) is 18.1. The van der Waals surface area contributed by atoms with Gasteiger partial charge in [-0.15, -0.1) is 0 Å². The van der Waals surface area contributed by atoms with Crippen LogP contribution in [0.25, 0.3) is 0 Å². The topological polar surface area (TPSA) is 46.9 Å². The molecule has 0 bridgehead atoms. The molecule has 0 unspecified atom stereocenters. The standard InChI is InChI=1S/C16H17F4N3O/c1-9-13(10(2)23(3)22-9)7-15(24)21-8-11-4-5-12(17)6-14(11)16(18,19)20/h4-6H,7-8H2,1-3H3,(H,21,24). The van der Waals surface area contributed by atoms with Crippen molar-refractivity contribution in [2.45, 2.75) is 33.0 Å². The lowest BCUT2D eigenvalue weighted by Gasteiger charge is -2.13. The number of nitrogens with zero attached hydrogens (tertiary/aromatic N) is 2. The summed E-state index contributed by atoms with van der Waals surface area (Å²) in [5, 5.41) is 6.63. The Morgan fingerprint density at radius 1 is 1.29 bits per heavy atom. The van der Waals surface area contributed by atoms with Crippen molar-refractivity contribution in [1.82, 2.24) is 15.1 Å². The number of amides is 1. The van der Waals surface area contributed by atoms with Crippen LogP contribution in [-0.4, -0.2) is 15.7 Å². The van der Waals surface area contributed by atoms with E-state index in [-0.39, 0.29) is 18.5 Å². The zero-order valence-electron chi connectivity index (χ0n) is 13.5. The second-order valence-electron chi connectivity index (χ2n) is 5.53. The molecule has 0 radical (unpaired) electrons. The highest BCUT2D eigenvalue weighted by molar-refractivity contribution is 5.79. The molecule has 2 aromatic rings. The molecular formula is C16H17F4N3O. The van der Waals surface area contributed by atoms with Crippen LogP contribution in [-0.2, 0) is 31.0 Å². The Kier molecular flexibility index (Phi) is 4.96. The van der Waals surface area contributed by atoms with Gasteiger partial charge in [0.2, 0.25) is 5.91 Å². The van der Waals surface area contributed by atoms with E-state index in [1.807, 2.05) is 6.92 Å². The van der Waals surface area contributed by atoms with Crippen LogP contribution in [0.15, 0.2) is 18.2 Å². The maximum atomic E-state index is 13.1. The third-order valence-electron chi connectivity index (χ3n) is 3.85. The van der Waals surface area contributed by atoms with Crippen molar-refractivity contribution in [3.8, 4) is 0 Å². The van der Waals surface area contributed by atoms with Gasteiger partial charge in [0.25, 0.3) is 0 Å². The smallest absolute Gasteiger partial charge is 0.352 e. The van der Waals surface area contributed by atoms with Gasteiger partial charge in [-0.2, -0.15) is 18.3 Å². The Hall–Kier alpha value is -2.38. The number of nitrogens with one attached hydrogen (secondary N) is 1. The number of carbonyl (C=O) groups is 1. The second kappa shape index (κ2) is 6.62. The fourth-order valence-corrected chi connectivity index (χ4v) is 2.46. The number of halogens is 4. The number of alkyl halides is 3. The lowest BCUT2D eigenvalue weighted by molar-refractivity contribution is -0.138. The lowest BCUT2D eigenvalue weighted by atomic mass is 10.1. The first-order chi connectivity index (χ1) is 11.1. The molecule has 0 saturated carbocycles. The molecule has 1 amide bonds. The Bertz CT molecular complexity index is 765. The van der Waals surface area contributed by atoms with Gasteiger partial charge >= 0.3 is 6.18 Å². The normalized spacial score (nSPS) is 11.6. The van der Waals surface area contributed by atoms with Crippen molar-refractivity contribution in [2.24, 2.45) is 7.05 Å². The maximum absolute atomic E-state index is 13.1. The van der Waals surface area contributed by atoms with Gasteiger partial charge in [0.1, 0.15) is 5.82 Å². The number of aromatic nitrogens is 2. The summed E-state index contributed by atoms with van der Waals surface area (Å²) in [6, 6.07) is 2.39. The Morgan fingerprint density at radius 2 is 1.96 bits per heavy atom. The molecular weight excluding hydrogens is 326 g/mol. The summed E-state index contributed by atoms with van der Waals surface area (Å²) in [5.74, 6) is -1.40. The minimum Gasteiger partial charge on any atom is -0.352 e. The van der Waals surface area contributed by atoms with Crippen LogP contribution in [0.5, 0.6) is 0 Å². The van der Waals surface area contributed by atoms with Crippen LogP contribution in [0.3, 0.4) is 0 Å². The average molecular weight is 343 g/mol. The first-order valence-corrected chi connectivity index (χ1v) is 7.21. The van der Waals surface area contributed by atoms with Crippen LogP contribution < -0.4 is 5.32 Å². The summed E-state index contributed by atoms with van der Waals surface area (Å²) < 4.78 is 53.5. The van der Waals surface area contributed by atoms with Gasteiger partial charge in [-0.05, 0) is 31.5 Å². The van der Waals surface area contributed by atoms with Crippen LogP contribution in [0.4, 0.5) is 17.6 Å². The summed E-state index contributed by atoms with van der Waals surface area (Å²) in [6.45, 7) is 3.24. The molecule has 1 N–H and O–H groups in total. The third-order valence-corrected chi connectivity index (χ3v) is 3.85. The van der Waals surface area contributed by atoms with Gasteiger partial charge < -0.3 is 5.32 Å². The van der Waals surface area contributed by atoms with Crippen molar-refractivity contribution in [3.05, 3.63) is 52.1 Å². The highest BCUT2D eigenvalue weighted by Crippen LogP contribution is 2.32. The molecule has 4 nitrogen and oxygen atoms in total. The molecule has 0 atom stereocenters. The first-order valence-electron chi connectivity index (χ1n) is 7.21. The van der Waals surface area contributed by atoms with E-state index in [1.54, 1.807) is 18.7 Å². The molecule has 0 saturated heterocycles. The molecule has 130 valence electrons. The minimum atomic E-state index is -4.68. The molecule has 1 aromatic carbocycles. The van der Waals surface area contributed by atoms with E-state index in [4.69, 9.17) is 0 Å². The van der Waals surface area contributed by atoms with Crippen LogP contribution in [0.2, 0.25) is 0 Å². The van der Waals surface area contributed by atoms with Crippen molar-refractivity contribution < 1.29 is 22.4 Å². The SMILES string of the molecule is Cc1nn(C)c(C)c1CC(=O)NCc1ccc(F)cc1C(F)(F)F. The number of hydrogen-bond acceptors (Lipinski definition) is 2. The van der Waals surface area contributed by atoms with Crippen LogP contribution in [0.1, 0.15) is 28.1 Å². The average Bonchev–Trinajstić information content (AvgIpc) is 2.71. The summed E-state index contributed by atoms with van der Waals surface area (Å²) in [4.78, 5) is 12.0.